The van der Waals surface area contributed by atoms with Crippen LogP contribution in [0.3, 0.4) is 0 Å². The summed E-state index contributed by atoms with van der Waals surface area (Å²) < 4.78 is 9.26. The fourth-order valence-corrected chi connectivity index (χ4v) is 12.5. The lowest BCUT2D eigenvalue weighted by molar-refractivity contribution is 1.14. The minimum absolute atomic E-state index is 0.922. The third kappa shape index (κ3) is 6.70. The third-order valence-electron chi connectivity index (χ3n) is 15.8. The Morgan fingerprint density at radius 3 is 0.962 bits per heavy atom. The lowest BCUT2D eigenvalue weighted by Crippen LogP contribution is -1.99. The van der Waals surface area contributed by atoms with Gasteiger partial charge >= 0.3 is 0 Å². The summed E-state index contributed by atoms with van der Waals surface area (Å²) in [5.74, 6) is 0. The van der Waals surface area contributed by atoms with E-state index in [1.165, 1.54) is 54.2 Å². The maximum Gasteiger partial charge on any atom is 0.137 e. The van der Waals surface area contributed by atoms with E-state index in [4.69, 9.17) is 9.97 Å². The number of benzene rings is 10. The van der Waals surface area contributed by atoms with Crippen LogP contribution in [0.25, 0.3) is 144 Å². The van der Waals surface area contributed by atoms with Crippen LogP contribution in [-0.4, -0.2) is 27.9 Å². The molecule has 78 heavy (non-hydrogen) atoms. The van der Waals surface area contributed by atoms with Crippen molar-refractivity contribution in [2.45, 2.75) is 0 Å². The lowest BCUT2D eigenvalue weighted by atomic mass is 9.86. The molecule has 0 aliphatic heterocycles. The number of hydrogen-bond acceptors (Lipinski definition) is 2. The molecule has 6 nitrogen and oxygen atoms in total. The van der Waals surface area contributed by atoms with Gasteiger partial charge in [0.05, 0.1) is 33.8 Å². The van der Waals surface area contributed by atoms with Crippen molar-refractivity contribution in [3.63, 3.8) is 0 Å². The highest BCUT2D eigenvalue weighted by molar-refractivity contribution is 6.43. The zero-order chi connectivity index (χ0) is 51.3. The van der Waals surface area contributed by atoms with E-state index in [-0.39, 0.29) is 0 Å². The van der Waals surface area contributed by atoms with Crippen molar-refractivity contribution >= 4 is 65.4 Å². The average molecular weight is 995 g/mol. The maximum absolute atomic E-state index is 5.02. The van der Waals surface area contributed by atoms with Gasteiger partial charge in [0, 0.05) is 90.7 Å². The predicted molar refractivity (Wildman–Crippen MR) is 323 cm³/mol. The summed E-state index contributed by atoms with van der Waals surface area (Å²) in [5.41, 5.74) is 19.5. The normalized spacial score (nSPS) is 11.8. The largest absolute Gasteiger partial charge is 0.308 e. The third-order valence-corrected chi connectivity index (χ3v) is 15.8. The molecule has 0 aliphatic rings. The first kappa shape index (κ1) is 43.8. The van der Waals surface area contributed by atoms with Crippen molar-refractivity contribution in [1.82, 2.24) is 27.9 Å². The highest BCUT2D eigenvalue weighted by atomic mass is 15.0. The van der Waals surface area contributed by atoms with Crippen LogP contribution < -0.4 is 0 Å². The molecule has 10 aromatic carbocycles. The first-order valence-electron chi connectivity index (χ1n) is 26.6. The predicted octanol–water partition coefficient (Wildman–Crippen LogP) is 18.3. The molecule has 16 aromatic rings. The van der Waals surface area contributed by atoms with Crippen LogP contribution in [0, 0.1) is 0 Å². The Hall–Kier alpha value is -10.6. The number of fused-ring (bicyclic) bond motifs is 13. The second-order valence-corrected chi connectivity index (χ2v) is 20.1. The number of nitrogens with zero attached hydrogens (tertiary/aromatic N) is 6. The van der Waals surface area contributed by atoms with E-state index in [2.05, 4.69) is 273 Å². The summed E-state index contributed by atoms with van der Waals surface area (Å²) in [4.78, 5) is 10.0. The molecule has 0 unspecified atom stereocenters. The molecule has 364 valence electrons. The van der Waals surface area contributed by atoms with E-state index in [1.54, 1.807) is 0 Å². The molecule has 6 aromatic heterocycles. The highest BCUT2D eigenvalue weighted by Gasteiger charge is 2.31. The van der Waals surface area contributed by atoms with Gasteiger partial charge in [-0.3, -0.25) is 0 Å². The zero-order valence-corrected chi connectivity index (χ0v) is 42.2. The molecule has 0 radical (unpaired) electrons. The van der Waals surface area contributed by atoms with Crippen molar-refractivity contribution < 1.29 is 0 Å². The minimum atomic E-state index is 0.922. The van der Waals surface area contributed by atoms with Gasteiger partial charge < -0.3 is 17.9 Å². The Labute approximate surface area is 449 Å². The maximum atomic E-state index is 5.02. The SMILES string of the molecule is c1ccc(-c2c(-c3ccccc3)n(-c3ccc(-c4cn5ccccc5n4)cc3)c3c4ccccc4c4c5c(-c6ccccc6)c(-c6ccccc6)n(-c6ccc(-c7cn8ccccc8n7)cc6)c5c5ccccc5c4c23)cc1. The molecule has 0 saturated carbocycles. The van der Waals surface area contributed by atoms with Crippen molar-refractivity contribution in [1.29, 1.82) is 0 Å². The summed E-state index contributed by atoms with van der Waals surface area (Å²) in [7, 11) is 0. The Balaban J connectivity index is 1.10. The van der Waals surface area contributed by atoms with Crippen LogP contribution in [0.5, 0.6) is 0 Å². The molecule has 0 N–H and O–H groups in total. The standard InChI is InChI=1S/C72H46N6/c1-5-21-49(22-6-1)63-67-65-55-29-13-16-32-58(55)72-68(64(50-23-7-2-8-24-50)70(52-27-11-4-12-28-52)78(72)54-41-37-48(38-42-54)60-46-76-44-20-18-34-62(76)74-60)66(65)56-30-14-15-31-57(56)71(67)77(69(63)51-25-9-3-10-26-51)53-39-35-47(36-40-53)59-45-75-43-19-17-33-61(75)73-59/h1-46H. The summed E-state index contributed by atoms with van der Waals surface area (Å²) in [6, 6.07) is 92.6. The summed E-state index contributed by atoms with van der Waals surface area (Å²) in [5, 5.41) is 9.58. The van der Waals surface area contributed by atoms with E-state index >= 15 is 0 Å². The van der Waals surface area contributed by atoms with E-state index in [1.807, 2.05) is 24.3 Å². The van der Waals surface area contributed by atoms with E-state index in [9.17, 15) is 0 Å². The Bertz CT molecular complexity index is 4590. The number of hydrogen-bond donors (Lipinski definition) is 0. The Morgan fingerprint density at radius 1 is 0.256 bits per heavy atom. The Morgan fingerprint density at radius 2 is 0.590 bits per heavy atom. The summed E-state index contributed by atoms with van der Waals surface area (Å²) >= 11 is 0. The van der Waals surface area contributed by atoms with E-state index in [0.29, 0.717) is 0 Å². The van der Waals surface area contributed by atoms with Crippen molar-refractivity contribution in [3.8, 4) is 78.7 Å². The van der Waals surface area contributed by atoms with Crippen LogP contribution in [0.2, 0.25) is 0 Å². The highest BCUT2D eigenvalue weighted by Crippen LogP contribution is 2.55. The summed E-state index contributed by atoms with van der Waals surface area (Å²) in [6.07, 6.45) is 8.33. The lowest BCUT2D eigenvalue weighted by Gasteiger charge is -2.17. The molecule has 0 saturated heterocycles. The second kappa shape index (κ2) is 17.5. The molecule has 0 bridgehead atoms. The zero-order valence-electron chi connectivity index (χ0n) is 42.2. The molecule has 0 atom stereocenters. The van der Waals surface area contributed by atoms with E-state index < -0.39 is 0 Å². The Kier molecular flexibility index (Phi) is 9.84. The minimum Gasteiger partial charge on any atom is -0.308 e. The molecule has 0 amide bonds. The second-order valence-electron chi connectivity index (χ2n) is 20.1. The van der Waals surface area contributed by atoms with Gasteiger partial charge in [0.2, 0.25) is 0 Å². The average Bonchev–Trinajstić information content (AvgIpc) is 4.41. The van der Waals surface area contributed by atoms with Gasteiger partial charge in [-0.1, -0.05) is 206 Å². The molecule has 0 fully saturated rings. The number of pyridine rings is 2. The van der Waals surface area contributed by atoms with Gasteiger partial charge in [-0.15, -0.1) is 0 Å². The summed E-state index contributed by atoms with van der Waals surface area (Å²) in [6.45, 7) is 0. The van der Waals surface area contributed by atoms with E-state index in [0.717, 1.165) is 89.9 Å². The van der Waals surface area contributed by atoms with Gasteiger partial charge in [0.1, 0.15) is 11.3 Å². The van der Waals surface area contributed by atoms with Gasteiger partial charge in [0.15, 0.2) is 0 Å². The number of imidazole rings is 2. The van der Waals surface area contributed by atoms with Crippen molar-refractivity contribution in [3.05, 3.63) is 280 Å². The van der Waals surface area contributed by atoms with Crippen LogP contribution in [0.15, 0.2) is 280 Å². The molecule has 6 heterocycles. The molecular weight excluding hydrogens is 949 g/mol. The van der Waals surface area contributed by atoms with Crippen LogP contribution >= 0.6 is 0 Å². The van der Waals surface area contributed by atoms with Crippen LogP contribution in [-0.2, 0) is 0 Å². The topological polar surface area (TPSA) is 44.5 Å². The number of rotatable bonds is 8. The van der Waals surface area contributed by atoms with Crippen LogP contribution in [0.1, 0.15) is 0 Å². The molecule has 6 heteroatoms. The van der Waals surface area contributed by atoms with Gasteiger partial charge in [-0.25, -0.2) is 9.97 Å². The van der Waals surface area contributed by atoms with Crippen LogP contribution in [0.4, 0.5) is 0 Å². The van der Waals surface area contributed by atoms with Gasteiger partial charge in [-0.2, -0.15) is 0 Å². The van der Waals surface area contributed by atoms with Gasteiger partial charge in [-0.05, 0) is 81.6 Å². The fourth-order valence-electron chi connectivity index (χ4n) is 12.5. The van der Waals surface area contributed by atoms with Crippen molar-refractivity contribution in [2.24, 2.45) is 0 Å². The smallest absolute Gasteiger partial charge is 0.137 e. The first-order chi connectivity index (χ1) is 38.7. The molecule has 0 aliphatic carbocycles. The first-order valence-corrected chi connectivity index (χ1v) is 26.6. The quantitative estimate of drug-likeness (QED) is 0.142. The van der Waals surface area contributed by atoms with Gasteiger partial charge in [0.25, 0.3) is 0 Å². The monoisotopic (exact) mass is 994 g/mol. The molecule has 16 rings (SSSR count). The van der Waals surface area contributed by atoms with Crippen molar-refractivity contribution in [2.75, 3.05) is 0 Å². The number of aromatic nitrogens is 6. The fraction of sp³-hybridized carbons (Fsp3) is 0. The molecular formula is C72H46N6. The molecule has 0 spiro atoms.